The van der Waals surface area contributed by atoms with Crippen molar-refractivity contribution in [2.24, 2.45) is 29.6 Å². The van der Waals surface area contributed by atoms with Gasteiger partial charge in [-0.2, -0.15) is 0 Å². The van der Waals surface area contributed by atoms with Crippen molar-refractivity contribution < 1.29 is 33.0 Å². The maximum absolute atomic E-state index is 14.9. The Kier molecular flexibility index (Phi) is 4.37. The van der Waals surface area contributed by atoms with Crippen molar-refractivity contribution in [3.8, 4) is 0 Å². The number of carbonyl (C=O) groups excluding carboxylic acids is 2. The number of hydrogen-bond acceptors (Lipinski definition) is 5. The number of fused-ring (bicyclic) bond motifs is 5. The first kappa shape index (κ1) is 19.8. The van der Waals surface area contributed by atoms with Gasteiger partial charge in [-0.15, -0.1) is 0 Å². The molecule has 2 heterocycles. The van der Waals surface area contributed by atoms with Gasteiger partial charge in [0.25, 0.3) is 0 Å². The molecule has 6 nitrogen and oxygen atoms in total. The number of hydrogen-bond donors (Lipinski definition) is 1. The third-order valence-electron chi connectivity index (χ3n) is 9.10. The molecule has 0 aromatic rings. The van der Waals surface area contributed by atoms with Gasteiger partial charge in [0, 0.05) is 24.0 Å². The van der Waals surface area contributed by atoms with E-state index in [9.17, 15) is 28.3 Å². The minimum Gasteiger partial charge on any atom is -0.478 e. The third kappa shape index (κ3) is 2.66. The van der Waals surface area contributed by atoms with Crippen LogP contribution in [0, 0.1) is 29.6 Å². The number of ether oxygens (including phenoxy) is 1. The maximum atomic E-state index is 14.9. The number of nitrogens with zero attached hydrogens (tertiary/aromatic N) is 1. The number of alkyl halides is 2. The van der Waals surface area contributed by atoms with E-state index in [0.29, 0.717) is 24.5 Å². The quantitative estimate of drug-likeness (QED) is 0.637. The van der Waals surface area contributed by atoms with Gasteiger partial charge in [0.2, 0.25) is 0 Å². The van der Waals surface area contributed by atoms with Crippen LogP contribution in [0.2, 0.25) is 0 Å². The summed E-state index contributed by atoms with van der Waals surface area (Å²) in [6.45, 7) is 0. The van der Waals surface area contributed by atoms with Crippen LogP contribution in [0.25, 0.3) is 0 Å². The highest BCUT2D eigenvalue weighted by atomic mass is 19.2. The molecule has 4 saturated carbocycles. The predicted molar refractivity (Wildman–Crippen MR) is 103 cm³/mol. The van der Waals surface area contributed by atoms with Crippen molar-refractivity contribution in [1.82, 2.24) is 4.90 Å². The zero-order chi connectivity index (χ0) is 21.6. The molecule has 0 spiro atoms. The lowest BCUT2D eigenvalue weighted by atomic mass is 9.67. The van der Waals surface area contributed by atoms with Crippen LogP contribution >= 0.6 is 0 Å². The number of halogens is 2. The highest BCUT2D eigenvalue weighted by Crippen LogP contribution is 2.56. The smallest absolute Gasteiger partial charge is 0.340 e. The first-order chi connectivity index (χ1) is 14.9. The molecular formula is C23H27F2NO5. The van der Waals surface area contributed by atoms with Gasteiger partial charge in [-0.25, -0.2) is 13.6 Å². The number of carbonyl (C=O) groups is 3. The number of ketones is 2. The Morgan fingerprint density at radius 3 is 2.58 bits per heavy atom. The number of Topliss-reactive ketones (excluding diaryl/α,β-unsaturated/α-hetero) is 2. The third-order valence-corrected chi connectivity index (χ3v) is 9.10. The molecule has 5 fully saturated rings. The van der Waals surface area contributed by atoms with Crippen molar-refractivity contribution >= 4 is 17.5 Å². The normalized spacial score (nSPS) is 50.7. The summed E-state index contributed by atoms with van der Waals surface area (Å²) >= 11 is 0. The largest absolute Gasteiger partial charge is 0.478 e. The Balaban J connectivity index is 1.39. The summed E-state index contributed by atoms with van der Waals surface area (Å²) in [4.78, 5) is 39.5. The van der Waals surface area contributed by atoms with Crippen molar-refractivity contribution in [2.75, 3.05) is 0 Å². The molecule has 4 aliphatic carbocycles. The molecule has 2 aliphatic heterocycles. The minimum atomic E-state index is -1.87. The molecule has 0 radical (unpaired) electrons. The zero-order valence-electron chi connectivity index (χ0n) is 17.2. The van der Waals surface area contributed by atoms with Crippen LogP contribution in [-0.4, -0.2) is 64.2 Å². The van der Waals surface area contributed by atoms with E-state index in [1.54, 1.807) is 0 Å². The highest BCUT2D eigenvalue weighted by Gasteiger charge is 2.62. The standard InChI is InChI=1S/C23H27F2NO5/c24-15-5-13-19-22(18(15)25)31-17-7-12-11(9-3-1-2-4-10(9)20(12)27)6-16(17)26(19)8-14(21(13)28)23(29)30/h8-13,15-19,22H,1-7H2,(H,29,30). The molecule has 0 aromatic heterocycles. The van der Waals surface area contributed by atoms with Crippen LogP contribution in [0.15, 0.2) is 11.8 Å². The van der Waals surface area contributed by atoms with E-state index in [2.05, 4.69) is 0 Å². The lowest BCUT2D eigenvalue weighted by Crippen LogP contribution is -2.70. The molecule has 0 bridgehead atoms. The average Bonchev–Trinajstić information content (AvgIpc) is 3.03. The first-order valence-electron chi connectivity index (χ1n) is 11.6. The van der Waals surface area contributed by atoms with E-state index in [-0.39, 0.29) is 35.8 Å². The lowest BCUT2D eigenvalue weighted by molar-refractivity contribution is -0.217. The molecular weight excluding hydrogens is 408 g/mol. The number of morpholine rings is 1. The summed E-state index contributed by atoms with van der Waals surface area (Å²) in [6, 6.07) is -0.904. The Bertz CT molecular complexity index is 876. The second kappa shape index (κ2) is 6.83. The molecule has 6 rings (SSSR count). The molecule has 0 aromatic carbocycles. The van der Waals surface area contributed by atoms with Gasteiger partial charge in [-0.1, -0.05) is 12.8 Å². The second-order valence-electron chi connectivity index (χ2n) is 10.4. The molecule has 6 aliphatic rings. The van der Waals surface area contributed by atoms with Crippen LogP contribution in [0.4, 0.5) is 8.78 Å². The highest BCUT2D eigenvalue weighted by molar-refractivity contribution is 6.18. The Morgan fingerprint density at radius 1 is 1.03 bits per heavy atom. The van der Waals surface area contributed by atoms with E-state index in [4.69, 9.17) is 4.74 Å². The van der Waals surface area contributed by atoms with Gasteiger partial charge < -0.3 is 14.7 Å². The zero-order valence-corrected chi connectivity index (χ0v) is 17.2. The van der Waals surface area contributed by atoms with Crippen LogP contribution in [0.3, 0.4) is 0 Å². The van der Waals surface area contributed by atoms with Gasteiger partial charge in [0.15, 0.2) is 12.0 Å². The average molecular weight is 435 g/mol. The Labute approximate surface area is 179 Å². The van der Waals surface area contributed by atoms with E-state index >= 15 is 0 Å². The van der Waals surface area contributed by atoms with Crippen molar-refractivity contribution in [3.05, 3.63) is 11.8 Å². The van der Waals surface area contributed by atoms with E-state index in [1.165, 1.54) is 6.20 Å². The summed E-state index contributed by atoms with van der Waals surface area (Å²) in [5, 5.41) is 9.59. The first-order valence-corrected chi connectivity index (χ1v) is 11.6. The molecule has 8 heteroatoms. The molecule has 11 atom stereocenters. The fourth-order valence-corrected chi connectivity index (χ4v) is 7.85. The van der Waals surface area contributed by atoms with E-state index < -0.39 is 48.3 Å². The minimum absolute atomic E-state index is 0.0936. The number of aliphatic carboxylic acids is 1. The van der Waals surface area contributed by atoms with Crippen LogP contribution in [0.5, 0.6) is 0 Å². The van der Waals surface area contributed by atoms with Crippen LogP contribution < -0.4 is 0 Å². The van der Waals surface area contributed by atoms with Crippen LogP contribution in [0.1, 0.15) is 44.9 Å². The van der Waals surface area contributed by atoms with E-state index in [0.717, 1.165) is 25.7 Å². The summed E-state index contributed by atoms with van der Waals surface area (Å²) in [5.74, 6) is -2.04. The van der Waals surface area contributed by atoms with Crippen molar-refractivity contribution in [2.45, 2.75) is 81.6 Å². The monoisotopic (exact) mass is 435 g/mol. The summed E-state index contributed by atoms with van der Waals surface area (Å²) in [5.41, 5.74) is -0.356. The molecule has 1 saturated heterocycles. The lowest BCUT2D eigenvalue weighted by Gasteiger charge is -2.59. The second-order valence-corrected chi connectivity index (χ2v) is 10.4. The molecule has 1 N–H and O–H groups in total. The van der Waals surface area contributed by atoms with Gasteiger partial charge in [-0.05, 0) is 43.9 Å². The van der Waals surface area contributed by atoms with Gasteiger partial charge in [0.1, 0.15) is 23.6 Å². The van der Waals surface area contributed by atoms with Crippen molar-refractivity contribution in [3.63, 3.8) is 0 Å². The van der Waals surface area contributed by atoms with Crippen LogP contribution in [-0.2, 0) is 19.1 Å². The molecule has 11 unspecified atom stereocenters. The Hall–Kier alpha value is -1.83. The van der Waals surface area contributed by atoms with Gasteiger partial charge in [0.05, 0.1) is 18.2 Å². The van der Waals surface area contributed by atoms with Crippen molar-refractivity contribution in [1.29, 1.82) is 0 Å². The SMILES string of the molecule is O=C(O)C1=CN2C3CC4C(CC3OC3C(F)C(F)CC(C1=O)C32)C(=O)C1CCCCC14. The fourth-order valence-electron chi connectivity index (χ4n) is 7.85. The molecule has 168 valence electrons. The number of carboxylic acids is 1. The topological polar surface area (TPSA) is 83.9 Å². The number of carboxylic acid groups (broad SMARTS) is 1. The van der Waals surface area contributed by atoms with Gasteiger partial charge >= 0.3 is 5.97 Å². The molecule has 0 amide bonds. The van der Waals surface area contributed by atoms with E-state index in [1.807, 2.05) is 4.90 Å². The predicted octanol–water partition coefficient (Wildman–Crippen LogP) is 2.46. The summed E-state index contributed by atoms with van der Waals surface area (Å²) in [6.07, 6.45) is 1.03. The number of rotatable bonds is 1. The summed E-state index contributed by atoms with van der Waals surface area (Å²) in [7, 11) is 0. The Morgan fingerprint density at radius 2 is 1.81 bits per heavy atom. The molecule has 31 heavy (non-hydrogen) atoms. The summed E-state index contributed by atoms with van der Waals surface area (Å²) < 4.78 is 35.5. The van der Waals surface area contributed by atoms with Gasteiger partial charge in [-0.3, -0.25) is 9.59 Å². The fraction of sp³-hybridized carbons (Fsp3) is 0.783. The maximum Gasteiger partial charge on any atom is 0.340 e.